The smallest absolute Gasteiger partial charge is 0.172 e. The van der Waals surface area contributed by atoms with Crippen molar-refractivity contribution in [2.24, 2.45) is 0 Å². The molecule has 0 amide bonds. The van der Waals surface area contributed by atoms with Gasteiger partial charge in [0.1, 0.15) is 5.82 Å². The lowest BCUT2D eigenvalue weighted by Crippen LogP contribution is -2.04. The van der Waals surface area contributed by atoms with Gasteiger partial charge in [-0.2, -0.15) is 9.61 Å². The van der Waals surface area contributed by atoms with Crippen LogP contribution in [0.3, 0.4) is 0 Å². The lowest BCUT2D eigenvalue weighted by atomic mass is 10.1. The van der Waals surface area contributed by atoms with Crippen LogP contribution in [0, 0.1) is 0 Å². The van der Waals surface area contributed by atoms with Crippen molar-refractivity contribution >= 4 is 50.6 Å². The Hall–Kier alpha value is -2.35. The Labute approximate surface area is 177 Å². The molecular weight excluding hydrogens is 434 g/mol. The van der Waals surface area contributed by atoms with Crippen molar-refractivity contribution in [2.75, 3.05) is 11.9 Å². The van der Waals surface area contributed by atoms with E-state index in [1.165, 1.54) is 4.90 Å². The zero-order chi connectivity index (χ0) is 19.9. The van der Waals surface area contributed by atoms with Crippen molar-refractivity contribution in [3.05, 3.63) is 77.6 Å². The lowest BCUT2D eigenvalue weighted by Gasteiger charge is -2.12. The summed E-state index contributed by atoms with van der Waals surface area (Å²) in [5.74, 6) is 0.831. The van der Waals surface area contributed by atoms with Gasteiger partial charge in [0, 0.05) is 23.2 Å². The van der Waals surface area contributed by atoms with Gasteiger partial charge < -0.3 is 5.32 Å². The van der Waals surface area contributed by atoms with Gasteiger partial charge in [0.05, 0.1) is 16.4 Å². The van der Waals surface area contributed by atoms with Crippen molar-refractivity contribution < 1.29 is 0 Å². The molecule has 7 heteroatoms. The second kappa shape index (κ2) is 9.73. The van der Waals surface area contributed by atoms with Crippen molar-refractivity contribution in [1.82, 2.24) is 19.3 Å². The van der Waals surface area contributed by atoms with Crippen LogP contribution in [0.2, 0.25) is 0 Å². The number of nitrogens with zero attached hydrogens (tertiary/aromatic N) is 3. The van der Waals surface area contributed by atoms with Gasteiger partial charge in [-0.05, 0) is 64.6 Å². The van der Waals surface area contributed by atoms with Crippen molar-refractivity contribution in [2.45, 2.75) is 18.7 Å². The molecule has 0 atom stereocenters. The molecule has 0 fully saturated rings. The molecule has 0 aliphatic heterocycles. The normalized spacial score (nSPS) is 12.0. The third-order valence-corrected chi connectivity index (χ3v) is 5.33. The zero-order valence-corrected chi connectivity index (χ0v) is 18.2. The number of benzene rings is 1. The first kappa shape index (κ1) is 20.4. The Bertz CT molecular complexity index is 1020. The van der Waals surface area contributed by atoms with E-state index in [9.17, 15) is 0 Å². The molecular formula is C21H22BrN5S. The zero-order valence-electron chi connectivity index (χ0n) is 15.8. The molecule has 0 aliphatic carbocycles. The summed E-state index contributed by atoms with van der Waals surface area (Å²) < 4.78 is 5.88. The summed E-state index contributed by atoms with van der Waals surface area (Å²) in [6.45, 7) is 8.80. The number of allylic oxidation sites excluding steroid dienone is 5. The maximum Gasteiger partial charge on any atom is 0.172 e. The van der Waals surface area contributed by atoms with Crippen LogP contribution in [0.15, 0.2) is 76.8 Å². The average Bonchev–Trinajstić information content (AvgIpc) is 3.08. The predicted octanol–water partition coefficient (Wildman–Crippen LogP) is 6.00. The first-order valence-electron chi connectivity index (χ1n) is 8.93. The molecule has 5 nitrogen and oxygen atoms in total. The molecule has 3 aromatic rings. The second-order valence-electron chi connectivity index (χ2n) is 5.86. The van der Waals surface area contributed by atoms with Gasteiger partial charge in [-0.1, -0.05) is 37.8 Å². The van der Waals surface area contributed by atoms with E-state index in [-0.39, 0.29) is 0 Å². The summed E-state index contributed by atoms with van der Waals surface area (Å²) in [5, 5.41) is 7.89. The summed E-state index contributed by atoms with van der Waals surface area (Å²) in [6.07, 6.45) is 9.46. The summed E-state index contributed by atoms with van der Waals surface area (Å²) in [6, 6.07) is 10.3. The summed E-state index contributed by atoms with van der Waals surface area (Å²) >= 11 is 5.16. The molecule has 144 valence electrons. The predicted molar refractivity (Wildman–Crippen MR) is 123 cm³/mol. The molecule has 28 heavy (non-hydrogen) atoms. The van der Waals surface area contributed by atoms with Crippen LogP contribution < -0.4 is 10.0 Å². The van der Waals surface area contributed by atoms with Gasteiger partial charge in [-0.25, -0.2) is 4.98 Å². The molecule has 2 heterocycles. The van der Waals surface area contributed by atoms with Gasteiger partial charge in [-0.15, -0.1) is 0 Å². The molecule has 0 radical (unpaired) electrons. The van der Waals surface area contributed by atoms with E-state index >= 15 is 0 Å². The highest BCUT2D eigenvalue weighted by molar-refractivity contribution is 9.10. The minimum Gasteiger partial charge on any atom is -0.340 e. The van der Waals surface area contributed by atoms with Gasteiger partial charge >= 0.3 is 0 Å². The minimum atomic E-state index is 0.749. The van der Waals surface area contributed by atoms with E-state index < -0.39 is 0 Å². The van der Waals surface area contributed by atoms with E-state index in [1.807, 2.05) is 31.2 Å². The Morgan fingerprint density at radius 3 is 2.79 bits per heavy atom. The topological polar surface area (TPSA) is 54.2 Å². The van der Waals surface area contributed by atoms with Gasteiger partial charge in [-0.3, -0.25) is 4.72 Å². The third kappa shape index (κ3) is 4.73. The molecule has 0 saturated heterocycles. The molecule has 0 unspecified atom stereocenters. The van der Waals surface area contributed by atoms with Crippen LogP contribution in [0.4, 0.5) is 11.5 Å². The van der Waals surface area contributed by atoms with E-state index in [2.05, 4.69) is 68.8 Å². The number of fused-ring (bicyclic) bond motifs is 1. The highest BCUT2D eigenvalue weighted by Crippen LogP contribution is 2.27. The molecule has 2 N–H and O–H groups in total. The van der Waals surface area contributed by atoms with Gasteiger partial charge in [0.2, 0.25) is 0 Å². The fourth-order valence-electron chi connectivity index (χ4n) is 2.62. The molecule has 2 aromatic heterocycles. The largest absolute Gasteiger partial charge is 0.340 e. The number of hydrogen-bond acceptors (Lipinski definition) is 5. The maximum absolute atomic E-state index is 4.76. The SMILES string of the molecule is C=C/C=C(\C=C/C)c1cc(Nc2ccc(SNCC)cc2)n2ncc(Br)c2n1. The summed E-state index contributed by atoms with van der Waals surface area (Å²) in [4.78, 5) is 5.92. The maximum atomic E-state index is 4.76. The van der Waals surface area contributed by atoms with Crippen molar-refractivity contribution in [3.8, 4) is 0 Å². The fourth-order valence-corrected chi connectivity index (χ4v) is 3.55. The van der Waals surface area contributed by atoms with Crippen molar-refractivity contribution in [3.63, 3.8) is 0 Å². The molecule has 0 spiro atoms. The lowest BCUT2D eigenvalue weighted by molar-refractivity contribution is 0.944. The number of nitrogens with one attached hydrogen (secondary N) is 2. The monoisotopic (exact) mass is 455 g/mol. The highest BCUT2D eigenvalue weighted by atomic mass is 79.9. The Balaban J connectivity index is 2.00. The van der Waals surface area contributed by atoms with Crippen LogP contribution in [0.5, 0.6) is 0 Å². The molecule has 0 aliphatic rings. The van der Waals surface area contributed by atoms with Crippen LogP contribution in [0.1, 0.15) is 19.5 Å². The average molecular weight is 456 g/mol. The van der Waals surface area contributed by atoms with E-state index in [1.54, 1.807) is 28.7 Å². The molecule has 3 rings (SSSR count). The summed E-state index contributed by atoms with van der Waals surface area (Å²) in [7, 11) is 0. The van der Waals surface area contributed by atoms with Gasteiger partial charge in [0.15, 0.2) is 5.65 Å². The number of aromatic nitrogens is 3. The standard InChI is InChI=1S/C21H22BrN5S/c1-4-7-15(8-5-2)19-13-20(27-21(26-19)18(22)14-23-27)25-16-9-11-17(12-10-16)28-24-6-3/h4-5,7-14,24-25H,1,6H2,2-3H3/b8-5-,15-7+. The Kier molecular flexibility index (Phi) is 7.08. The van der Waals surface area contributed by atoms with E-state index in [4.69, 9.17) is 4.98 Å². The molecule has 0 bridgehead atoms. The molecule has 1 aromatic carbocycles. The first-order valence-corrected chi connectivity index (χ1v) is 10.5. The van der Waals surface area contributed by atoms with E-state index in [0.29, 0.717) is 0 Å². The van der Waals surface area contributed by atoms with Crippen LogP contribution in [-0.2, 0) is 0 Å². The number of anilines is 2. The number of hydrogen-bond donors (Lipinski definition) is 2. The minimum absolute atomic E-state index is 0.749. The van der Waals surface area contributed by atoms with Gasteiger partial charge in [0.25, 0.3) is 0 Å². The Morgan fingerprint density at radius 1 is 1.32 bits per heavy atom. The Morgan fingerprint density at radius 2 is 2.11 bits per heavy atom. The highest BCUT2D eigenvalue weighted by Gasteiger charge is 2.12. The van der Waals surface area contributed by atoms with Crippen LogP contribution in [-0.4, -0.2) is 21.1 Å². The summed E-state index contributed by atoms with van der Waals surface area (Å²) in [5.41, 5.74) is 3.55. The van der Waals surface area contributed by atoms with Crippen molar-refractivity contribution in [1.29, 1.82) is 0 Å². The molecule has 0 saturated carbocycles. The fraction of sp³-hybridized carbons (Fsp3) is 0.143. The second-order valence-corrected chi connectivity index (χ2v) is 7.68. The number of rotatable bonds is 8. The number of halogens is 1. The van der Waals surface area contributed by atoms with Crippen LogP contribution >= 0.6 is 27.9 Å². The van der Waals surface area contributed by atoms with Crippen LogP contribution in [0.25, 0.3) is 11.2 Å². The quantitative estimate of drug-likeness (QED) is 0.322. The van der Waals surface area contributed by atoms with E-state index in [0.717, 1.165) is 39.4 Å². The first-order chi connectivity index (χ1) is 13.7. The third-order valence-electron chi connectivity index (χ3n) is 3.83.